The fourth-order valence-electron chi connectivity index (χ4n) is 2.23. The third kappa shape index (κ3) is 3.89. The highest BCUT2D eigenvalue weighted by Crippen LogP contribution is 2.30. The van der Waals surface area contributed by atoms with Gasteiger partial charge in [-0.3, -0.25) is 4.79 Å². The topological polar surface area (TPSA) is 62.7 Å². The molecule has 0 unspecified atom stereocenters. The number of carbonyl (C=O) groups excluding carboxylic acids is 2. The van der Waals surface area contributed by atoms with Gasteiger partial charge in [0.1, 0.15) is 10.5 Å². The minimum atomic E-state index is -0.504. The van der Waals surface area contributed by atoms with Crippen LogP contribution in [0.25, 0.3) is 0 Å². The molecule has 2 rings (SSSR count). The van der Waals surface area contributed by atoms with Crippen molar-refractivity contribution in [2.24, 2.45) is 0 Å². The fourth-order valence-corrected chi connectivity index (χ4v) is 3.33. The average Bonchev–Trinajstić information content (AvgIpc) is 2.77. The molecule has 1 fully saturated rings. The molecule has 1 aliphatic rings. The van der Waals surface area contributed by atoms with Crippen LogP contribution in [0.3, 0.4) is 0 Å². The molecular formula is C14H20ClN3O3S. The van der Waals surface area contributed by atoms with Crippen molar-refractivity contribution in [3.05, 3.63) is 10.0 Å². The van der Waals surface area contributed by atoms with Gasteiger partial charge in [0.05, 0.1) is 0 Å². The maximum atomic E-state index is 12.2. The lowest BCUT2D eigenvalue weighted by atomic mass is 10.2. The van der Waals surface area contributed by atoms with E-state index in [1.807, 2.05) is 32.6 Å². The minimum absolute atomic E-state index is 0.00837. The zero-order valence-corrected chi connectivity index (χ0v) is 14.7. The second-order valence-electron chi connectivity index (χ2n) is 6.24. The molecule has 0 spiro atoms. The van der Waals surface area contributed by atoms with Gasteiger partial charge in [-0.2, -0.15) is 0 Å². The molecule has 1 amide bonds. The number of aldehydes is 1. The highest BCUT2D eigenvalue weighted by Gasteiger charge is 2.32. The molecule has 0 aromatic carbocycles. The summed E-state index contributed by atoms with van der Waals surface area (Å²) < 4.78 is 5.42. The maximum Gasteiger partial charge on any atom is 0.410 e. The van der Waals surface area contributed by atoms with Crippen LogP contribution in [0.15, 0.2) is 0 Å². The van der Waals surface area contributed by atoms with E-state index in [0.717, 1.165) is 0 Å². The van der Waals surface area contributed by atoms with E-state index in [4.69, 9.17) is 16.3 Å². The van der Waals surface area contributed by atoms with Gasteiger partial charge in [-0.15, -0.1) is 0 Å². The Balaban J connectivity index is 2.03. The number of anilines is 1. The minimum Gasteiger partial charge on any atom is -0.444 e. The third-order valence-corrected chi connectivity index (χ3v) is 4.67. The van der Waals surface area contributed by atoms with E-state index in [1.165, 1.54) is 11.3 Å². The number of hydrogen-bond donors (Lipinski definition) is 0. The molecule has 2 heterocycles. The summed E-state index contributed by atoms with van der Waals surface area (Å²) in [6.07, 6.45) is 0.412. The number of ether oxygens (including phenoxy) is 1. The van der Waals surface area contributed by atoms with Gasteiger partial charge in [0.15, 0.2) is 16.6 Å². The molecular weight excluding hydrogens is 326 g/mol. The fraction of sp³-hybridized carbons (Fsp3) is 0.643. The summed E-state index contributed by atoms with van der Waals surface area (Å²) >= 11 is 7.18. The van der Waals surface area contributed by atoms with Gasteiger partial charge >= 0.3 is 6.09 Å². The number of carbonyl (C=O) groups is 2. The van der Waals surface area contributed by atoms with Gasteiger partial charge in [-0.25, -0.2) is 9.78 Å². The van der Waals surface area contributed by atoms with E-state index in [-0.39, 0.29) is 17.3 Å². The molecule has 1 atom stereocenters. The summed E-state index contributed by atoms with van der Waals surface area (Å²) in [6, 6.07) is -0.00837. The second kappa shape index (κ2) is 6.42. The number of halogens is 1. The molecule has 8 heteroatoms. The van der Waals surface area contributed by atoms with E-state index in [2.05, 4.69) is 4.98 Å². The second-order valence-corrected chi connectivity index (χ2v) is 7.61. The van der Waals surface area contributed by atoms with Crippen LogP contribution in [0.1, 0.15) is 37.4 Å². The number of thiazole rings is 1. The van der Waals surface area contributed by atoms with Crippen LogP contribution in [0.5, 0.6) is 0 Å². The average molecular weight is 346 g/mol. The number of nitrogens with zero attached hydrogens (tertiary/aromatic N) is 3. The van der Waals surface area contributed by atoms with Crippen molar-refractivity contribution in [2.75, 3.05) is 24.5 Å². The molecule has 1 aromatic heterocycles. The summed E-state index contributed by atoms with van der Waals surface area (Å²) in [5, 5.41) is 0.944. The van der Waals surface area contributed by atoms with Gasteiger partial charge in [-0.1, -0.05) is 22.9 Å². The first-order valence-electron chi connectivity index (χ1n) is 7.07. The SMILES string of the molecule is C[C@@H]1CN(c2nc(Cl)c(C=O)s2)CCN1C(=O)OC(C)(C)C. The monoisotopic (exact) mass is 345 g/mol. The molecule has 0 aliphatic carbocycles. The van der Waals surface area contributed by atoms with Crippen LogP contribution in [-0.4, -0.2) is 53.5 Å². The quantitative estimate of drug-likeness (QED) is 0.771. The molecule has 0 bridgehead atoms. The molecule has 0 radical (unpaired) electrons. The number of rotatable bonds is 2. The molecule has 1 aromatic rings. The highest BCUT2D eigenvalue weighted by molar-refractivity contribution is 7.17. The number of aromatic nitrogens is 1. The third-order valence-electron chi connectivity index (χ3n) is 3.23. The predicted molar refractivity (Wildman–Crippen MR) is 87.1 cm³/mol. The Morgan fingerprint density at radius 3 is 2.64 bits per heavy atom. The summed E-state index contributed by atoms with van der Waals surface area (Å²) in [5.74, 6) is 0. The van der Waals surface area contributed by atoms with E-state index >= 15 is 0 Å². The van der Waals surface area contributed by atoms with Crippen LogP contribution in [0, 0.1) is 0 Å². The Kier molecular flexibility index (Phi) is 4.97. The van der Waals surface area contributed by atoms with Crippen molar-refractivity contribution in [3.8, 4) is 0 Å². The summed E-state index contributed by atoms with van der Waals surface area (Å²) in [6.45, 7) is 9.32. The van der Waals surface area contributed by atoms with E-state index < -0.39 is 5.60 Å². The van der Waals surface area contributed by atoms with Crippen LogP contribution < -0.4 is 4.90 Å². The van der Waals surface area contributed by atoms with Gasteiger partial charge in [0.2, 0.25) is 0 Å². The van der Waals surface area contributed by atoms with Gasteiger partial charge in [0, 0.05) is 25.7 Å². The van der Waals surface area contributed by atoms with Crippen molar-refractivity contribution < 1.29 is 14.3 Å². The Morgan fingerprint density at radius 1 is 1.45 bits per heavy atom. The van der Waals surface area contributed by atoms with Crippen molar-refractivity contribution in [3.63, 3.8) is 0 Å². The van der Waals surface area contributed by atoms with Crippen molar-refractivity contribution in [2.45, 2.75) is 39.3 Å². The summed E-state index contributed by atoms with van der Waals surface area (Å²) in [4.78, 5) is 31.4. The molecule has 6 nitrogen and oxygen atoms in total. The standard InChI is InChI=1S/C14H20ClN3O3S/c1-9-7-17(12-16-11(15)10(8-19)22-12)5-6-18(9)13(20)21-14(2,3)4/h8-9H,5-7H2,1-4H3/t9-/m1/s1. The van der Waals surface area contributed by atoms with Crippen LogP contribution >= 0.6 is 22.9 Å². The van der Waals surface area contributed by atoms with E-state index in [9.17, 15) is 9.59 Å². The molecule has 1 saturated heterocycles. The Hall–Kier alpha value is -1.34. The predicted octanol–water partition coefficient (Wildman–Crippen LogP) is 3.05. The van der Waals surface area contributed by atoms with Crippen molar-refractivity contribution in [1.82, 2.24) is 9.88 Å². The zero-order chi connectivity index (χ0) is 16.5. The summed E-state index contributed by atoms with van der Waals surface area (Å²) in [5.41, 5.74) is -0.504. The first kappa shape index (κ1) is 17.0. The Bertz CT molecular complexity index is 570. The van der Waals surface area contributed by atoms with Gasteiger partial charge < -0.3 is 14.5 Å². The highest BCUT2D eigenvalue weighted by atomic mass is 35.5. The number of amides is 1. The molecule has 1 aliphatic heterocycles. The lowest BCUT2D eigenvalue weighted by Gasteiger charge is -2.40. The van der Waals surface area contributed by atoms with E-state index in [0.29, 0.717) is 35.9 Å². The van der Waals surface area contributed by atoms with Crippen LogP contribution in [-0.2, 0) is 4.74 Å². The lowest BCUT2D eigenvalue weighted by Crippen LogP contribution is -2.55. The first-order valence-corrected chi connectivity index (χ1v) is 8.27. The smallest absolute Gasteiger partial charge is 0.410 e. The van der Waals surface area contributed by atoms with Crippen LogP contribution in [0.4, 0.5) is 9.93 Å². The molecule has 0 N–H and O–H groups in total. The number of hydrogen-bond acceptors (Lipinski definition) is 6. The molecule has 22 heavy (non-hydrogen) atoms. The van der Waals surface area contributed by atoms with Gasteiger partial charge in [-0.05, 0) is 27.7 Å². The summed E-state index contributed by atoms with van der Waals surface area (Å²) in [7, 11) is 0. The lowest BCUT2D eigenvalue weighted by molar-refractivity contribution is 0.0159. The molecule has 0 saturated carbocycles. The Morgan fingerprint density at radius 2 is 2.14 bits per heavy atom. The Labute approximate surface area is 139 Å². The van der Waals surface area contributed by atoms with E-state index in [1.54, 1.807) is 4.90 Å². The zero-order valence-electron chi connectivity index (χ0n) is 13.1. The van der Waals surface area contributed by atoms with Gasteiger partial charge in [0.25, 0.3) is 0 Å². The first-order chi connectivity index (χ1) is 10.2. The molecule has 122 valence electrons. The van der Waals surface area contributed by atoms with Crippen molar-refractivity contribution >= 4 is 40.4 Å². The number of piperazine rings is 1. The normalized spacial score (nSPS) is 19.2. The largest absolute Gasteiger partial charge is 0.444 e. The maximum absolute atomic E-state index is 12.2. The van der Waals surface area contributed by atoms with Crippen LogP contribution in [0.2, 0.25) is 5.15 Å². The van der Waals surface area contributed by atoms with Crippen molar-refractivity contribution in [1.29, 1.82) is 0 Å².